The highest BCUT2D eigenvalue weighted by molar-refractivity contribution is 5.81. The molecule has 4 heteroatoms. The molecule has 1 fully saturated rings. The highest BCUT2D eigenvalue weighted by Crippen LogP contribution is 2.35. The molecule has 4 nitrogen and oxygen atoms in total. The predicted octanol–water partition coefficient (Wildman–Crippen LogP) is 1.49. The van der Waals surface area contributed by atoms with Crippen LogP contribution in [0.25, 0.3) is 0 Å². The zero-order valence-corrected chi connectivity index (χ0v) is 11.1. The summed E-state index contributed by atoms with van der Waals surface area (Å²) < 4.78 is 0. The third-order valence-electron chi connectivity index (χ3n) is 4.08. The molecule has 0 radical (unpaired) electrons. The van der Waals surface area contributed by atoms with Crippen LogP contribution < -0.4 is 0 Å². The maximum Gasteiger partial charge on any atom is 0.314 e. The molecule has 1 aromatic carbocycles. The predicted molar refractivity (Wildman–Crippen MR) is 73.1 cm³/mol. The van der Waals surface area contributed by atoms with E-state index in [-0.39, 0.29) is 6.61 Å². The van der Waals surface area contributed by atoms with Gasteiger partial charge in [-0.3, -0.25) is 4.79 Å². The number of carboxylic acids is 1. The van der Waals surface area contributed by atoms with Crippen molar-refractivity contribution in [1.29, 1.82) is 0 Å². The molecule has 0 bridgehead atoms. The fourth-order valence-electron chi connectivity index (χ4n) is 2.84. The number of aliphatic hydroxyl groups is 1. The second-order valence-electron chi connectivity index (χ2n) is 5.17. The van der Waals surface area contributed by atoms with Crippen molar-refractivity contribution in [3.05, 3.63) is 35.9 Å². The van der Waals surface area contributed by atoms with Crippen molar-refractivity contribution in [2.24, 2.45) is 0 Å². The van der Waals surface area contributed by atoms with Gasteiger partial charge in [0, 0.05) is 13.2 Å². The number of rotatable bonds is 5. The molecule has 0 atom stereocenters. The highest BCUT2D eigenvalue weighted by Gasteiger charge is 2.42. The Bertz CT molecular complexity index is 411. The fourth-order valence-corrected chi connectivity index (χ4v) is 2.84. The third-order valence-corrected chi connectivity index (χ3v) is 4.08. The Hall–Kier alpha value is -1.39. The van der Waals surface area contributed by atoms with E-state index >= 15 is 0 Å². The van der Waals surface area contributed by atoms with Crippen molar-refractivity contribution < 1.29 is 15.0 Å². The molecule has 1 aliphatic heterocycles. The van der Waals surface area contributed by atoms with Gasteiger partial charge in [-0.25, -0.2) is 0 Å². The minimum absolute atomic E-state index is 0.194. The molecule has 1 aliphatic rings. The van der Waals surface area contributed by atoms with Gasteiger partial charge in [-0.15, -0.1) is 0 Å². The number of nitrogens with zero attached hydrogens (tertiary/aromatic N) is 1. The molecular weight excluding hydrogens is 242 g/mol. The fraction of sp³-hybridized carbons (Fsp3) is 0.533. The van der Waals surface area contributed by atoms with Crippen molar-refractivity contribution in [2.75, 3.05) is 26.2 Å². The SMILES string of the molecule is O=C(O)C1(c2ccccc2)CCN(CCCO)CC1. The van der Waals surface area contributed by atoms with E-state index in [0.717, 1.165) is 31.6 Å². The topological polar surface area (TPSA) is 60.8 Å². The van der Waals surface area contributed by atoms with Crippen LogP contribution in [0.2, 0.25) is 0 Å². The first-order chi connectivity index (χ1) is 9.19. The molecule has 2 rings (SSSR count). The van der Waals surface area contributed by atoms with Crippen LogP contribution in [-0.2, 0) is 10.2 Å². The van der Waals surface area contributed by atoms with Gasteiger partial charge in [0.05, 0.1) is 5.41 Å². The Balaban J connectivity index is 2.10. The van der Waals surface area contributed by atoms with E-state index in [1.54, 1.807) is 0 Å². The van der Waals surface area contributed by atoms with Crippen molar-refractivity contribution in [3.63, 3.8) is 0 Å². The molecule has 0 amide bonds. The van der Waals surface area contributed by atoms with Gasteiger partial charge in [0.15, 0.2) is 0 Å². The molecule has 1 aromatic rings. The number of carboxylic acid groups (broad SMARTS) is 1. The summed E-state index contributed by atoms with van der Waals surface area (Å²) in [5.74, 6) is -0.722. The van der Waals surface area contributed by atoms with Crippen LogP contribution in [0.3, 0.4) is 0 Å². The first-order valence-electron chi connectivity index (χ1n) is 6.81. The van der Waals surface area contributed by atoms with Crippen LogP contribution in [0.4, 0.5) is 0 Å². The molecule has 0 spiro atoms. The van der Waals surface area contributed by atoms with Crippen LogP contribution in [0.5, 0.6) is 0 Å². The van der Waals surface area contributed by atoms with Crippen LogP contribution in [0.15, 0.2) is 30.3 Å². The molecule has 0 unspecified atom stereocenters. The van der Waals surface area contributed by atoms with Crippen LogP contribution in [0, 0.1) is 0 Å². The first kappa shape index (κ1) is 14.0. The molecular formula is C15H21NO3. The monoisotopic (exact) mass is 263 g/mol. The van der Waals surface area contributed by atoms with Crippen LogP contribution >= 0.6 is 0 Å². The number of likely N-dealkylation sites (tertiary alicyclic amines) is 1. The van der Waals surface area contributed by atoms with E-state index in [4.69, 9.17) is 5.11 Å². The van der Waals surface area contributed by atoms with E-state index in [1.165, 1.54) is 0 Å². The van der Waals surface area contributed by atoms with Crippen LogP contribution in [-0.4, -0.2) is 47.3 Å². The lowest BCUT2D eigenvalue weighted by Crippen LogP contribution is -2.47. The summed E-state index contributed by atoms with van der Waals surface area (Å²) in [6, 6.07) is 9.54. The van der Waals surface area contributed by atoms with E-state index in [2.05, 4.69) is 4.90 Å². The lowest BCUT2D eigenvalue weighted by molar-refractivity contribution is -0.146. The van der Waals surface area contributed by atoms with Crippen molar-refractivity contribution in [2.45, 2.75) is 24.7 Å². The zero-order valence-electron chi connectivity index (χ0n) is 11.1. The molecule has 104 valence electrons. The van der Waals surface area contributed by atoms with Gasteiger partial charge in [-0.1, -0.05) is 30.3 Å². The molecule has 2 N–H and O–H groups in total. The largest absolute Gasteiger partial charge is 0.481 e. The smallest absolute Gasteiger partial charge is 0.314 e. The van der Waals surface area contributed by atoms with Gasteiger partial charge >= 0.3 is 5.97 Å². The van der Waals surface area contributed by atoms with Gasteiger partial charge in [-0.2, -0.15) is 0 Å². The summed E-state index contributed by atoms with van der Waals surface area (Å²) in [6.07, 6.45) is 2.03. The summed E-state index contributed by atoms with van der Waals surface area (Å²) in [6.45, 7) is 2.60. The Morgan fingerprint density at radius 2 is 1.84 bits per heavy atom. The molecule has 0 aliphatic carbocycles. The minimum atomic E-state index is -0.739. The number of hydrogen-bond acceptors (Lipinski definition) is 3. The van der Waals surface area contributed by atoms with E-state index in [1.807, 2.05) is 30.3 Å². The maximum absolute atomic E-state index is 11.7. The third kappa shape index (κ3) is 2.96. The Morgan fingerprint density at radius 1 is 1.21 bits per heavy atom. The van der Waals surface area contributed by atoms with Gasteiger partial charge in [0.2, 0.25) is 0 Å². The van der Waals surface area contributed by atoms with Gasteiger partial charge in [0.1, 0.15) is 0 Å². The van der Waals surface area contributed by atoms with Crippen LogP contribution in [0.1, 0.15) is 24.8 Å². The molecule has 0 aromatic heterocycles. The van der Waals surface area contributed by atoms with Crippen molar-refractivity contribution in [3.8, 4) is 0 Å². The minimum Gasteiger partial charge on any atom is -0.481 e. The number of benzene rings is 1. The standard InChI is InChI=1S/C15H21NO3/c17-12-4-9-16-10-7-15(8-11-16,14(18)19)13-5-2-1-3-6-13/h1-3,5-6,17H,4,7-12H2,(H,18,19). The normalized spacial score (nSPS) is 19.2. The van der Waals surface area contributed by atoms with Crippen molar-refractivity contribution in [1.82, 2.24) is 4.90 Å². The number of hydrogen-bond donors (Lipinski definition) is 2. The lowest BCUT2D eigenvalue weighted by atomic mass is 9.73. The zero-order chi connectivity index (χ0) is 13.7. The Kier molecular flexibility index (Phi) is 4.56. The summed E-state index contributed by atoms with van der Waals surface area (Å²) in [7, 11) is 0. The Morgan fingerprint density at radius 3 is 2.37 bits per heavy atom. The number of carbonyl (C=O) groups is 1. The number of aliphatic carboxylic acids is 1. The molecule has 0 saturated carbocycles. The average molecular weight is 263 g/mol. The average Bonchev–Trinajstić information content (AvgIpc) is 2.46. The van der Waals surface area contributed by atoms with E-state index in [0.29, 0.717) is 12.8 Å². The number of piperidine rings is 1. The lowest BCUT2D eigenvalue weighted by Gasteiger charge is -2.39. The van der Waals surface area contributed by atoms with Gasteiger partial charge < -0.3 is 15.1 Å². The quantitative estimate of drug-likeness (QED) is 0.845. The van der Waals surface area contributed by atoms with E-state index < -0.39 is 11.4 Å². The van der Waals surface area contributed by atoms with Gasteiger partial charge in [-0.05, 0) is 37.9 Å². The highest BCUT2D eigenvalue weighted by atomic mass is 16.4. The second kappa shape index (κ2) is 6.17. The maximum atomic E-state index is 11.7. The summed E-state index contributed by atoms with van der Waals surface area (Å²) in [4.78, 5) is 14.0. The molecule has 19 heavy (non-hydrogen) atoms. The molecule has 1 saturated heterocycles. The van der Waals surface area contributed by atoms with Gasteiger partial charge in [0.25, 0.3) is 0 Å². The first-order valence-corrected chi connectivity index (χ1v) is 6.81. The summed E-state index contributed by atoms with van der Waals surface area (Å²) in [5.41, 5.74) is 0.168. The van der Waals surface area contributed by atoms with Crippen molar-refractivity contribution >= 4 is 5.97 Å². The summed E-state index contributed by atoms with van der Waals surface area (Å²) >= 11 is 0. The molecule has 1 heterocycles. The summed E-state index contributed by atoms with van der Waals surface area (Å²) in [5, 5.41) is 18.5. The Labute approximate surface area is 113 Å². The second-order valence-corrected chi connectivity index (χ2v) is 5.17. The van der Waals surface area contributed by atoms with E-state index in [9.17, 15) is 9.90 Å². The number of aliphatic hydroxyl groups excluding tert-OH is 1.